The number of thioether (sulfide) groups is 1. The summed E-state index contributed by atoms with van der Waals surface area (Å²) in [5, 5.41) is 9.53. The molecule has 17 heavy (non-hydrogen) atoms. The Kier molecular flexibility index (Phi) is 4.11. The fraction of sp³-hybridized carbons (Fsp3) is 0.500. The third-order valence-electron chi connectivity index (χ3n) is 3.32. The SMILES string of the molecule is Cc1cccc(SC2CCC(C(=O)O)CC2)c1. The van der Waals surface area contributed by atoms with Gasteiger partial charge in [-0.3, -0.25) is 4.79 Å². The van der Waals surface area contributed by atoms with Gasteiger partial charge in [0.05, 0.1) is 5.92 Å². The van der Waals surface area contributed by atoms with Crippen molar-refractivity contribution in [3.05, 3.63) is 29.8 Å². The van der Waals surface area contributed by atoms with E-state index < -0.39 is 5.97 Å². The molecule has 0 aliphatic heterocycles. The van der Waals surface area contributed by atoms with Crippen LogP contribution >= 0.6 is 11.8 Å². The third-order valence-corrected chi connectivity index (χ3v) is 4.65. The largest absolute Gasteiger partial charge is 0.481 e. The summed E-state index contributed by atoms with van der Waals surface area (Å²) in [4.78, 5) is 12.2. The molecule has 1 fully saturated rings. The molecule has 0 bridgehead atoms. The second kappa shape index (κ2) is 5.58. The predicted octanol–water partition coefficient (Wildman–Crippen LogP) is 3.73. The predicted molar refractivity (Wildman–Crippen MR) is 70.4 cm³/mol. The van der Waals surface area contributed by atoms with E-state index in [0.29, 0.717) is 5.25 Å². The third kappa shape index (κ3) is 3.50. The highest BCUT2D eigenvalue weighted by atomic mass is 32.2. The number of aryl methyl sites for hydroxylation is 1. The second-order valence-corrected chi connectivity index (χ2v) is 6.12. The van der Waals surface area contributed by atoms with Gasteiger partial charge in [0.2, 0.25) is 0 Å². The van der Waals surface area contributed by atoms with Gasteiger partial charge in [-0.05, 0) is 44.7 Å². The first-order valence-electron chi connectivity index (χ1n) is 6.11. The fourth-order valence-electron chi connectivity index (χ4n) is 2.31. The van der Waals surface area contributed by atoms with Gasteiger partial charge in [0, 0.05) is 10.1 Å². The molecule has 0 heterocycles. The summed E-state index contributed by atoms with van der Waals surface area (Å²) in [7, 11) is 0. The van der Waals surface area contributed by atoms with Crippen molar-refractivity contribution in [2.24, 2.45) is 5.92 Å². The molecule has 0 atom stereocenters. The van der Waals surface area contributed by atoms with Gasteiger partial charge in [0.15, 0.2) is 0 Å². The number of carboxylic acids is 1. The maximum atomic E-state index is 10.9. The fourth-order valence-corrected chi connectivity index (χ4v) is 3.61. The maximum Gasteiger partial charge on any atom is 0.306 e. The van der Waals surface area contributed by atoms with Gasteiger partial charge in [-0.15, -0.1) is 11.8 Å². The van der Waals surface area contributed by atoms with Crippen molar-refractivity contribution in [1.82, 2.24) is 0 Å². The Labute approximate surface area is 106 Å². The van der Waals surface area contributed by atoms with E-state index in [1.807, 2.05) is 11.8 Å². The first-order chi connectivity index (χ1) is 8.15. The molecule has 1 aliphatic rings. The highest BCUT2D eigenvalue weighted by molar-refractivity contribution is 8.00. The molecule has 0 radical (unpaired) electrons. The van der Waals surface area contributed by atoms with Crippen LogP contribution in [0, 0.1) is 12.8 Å². The quantitative estimate of drug-likeness (QED) is 0.888. The summed E-state index contributed by atoms with van der Waals surface area (Å²) in [5.74, 6) is -0.728. The molecule has 0 aromatic heterocycles. The molecule has 1 saturated carbocycles. The van der Waals surface area contributed by atoms with Gasteiger partial charge < -0.3 is 5.11 Å². The first-order valence-corrected chi connectivity index (χ1v) is 6.99. The van der Waals surface area contributed by atoms with Crippen LogP contribution in [0.4, 0.5) is 0 Å². The Morgan fingerprint density at radius 2 is 2.00 bits per heavy atom. The Morgan fingerprint density at radius 1 is 1.29 bits per heavy atom. The van der Waals surface area contributed by atoms with Gasteiger partial charge in [-0.2, -0.15) is 0 Å². The smallest absolute Gasteiger partial charge is 0.306 e. The molecule has 0 amide bonds. The standard InChI is InChI=1S/C14H18O2S/c1-10-3-2-4-13(9-10)17-12-7-5-11(6-8-12)14(15)16/h2-4,9,11-12H,5-8H2,1H3,(H,15,16). The molecule has 1 N–H and O–H groups in total. The van der Waals surface area contributed by atoms with Crippen LogP contribution in [0.3, 0.4) is 0 Å². The molecule has 0 spiro atoms. The second-order valence-electron chi connectivity index (χ2n) is 4.75. The normalized spacial score (nSPS) is 24.5. The number of benzene rings is 1. The monoisotopic (exact) mass is 250 g/mol. The van der Waals surface area contributed by atoms with Crippen LogP contribution in [0.2, 0.25) is 0 Å². The molecule has 0 unspecified atom stereocenters. The number of hydrogen-bond acceptors (Lipinski definition) is 2. The lowest BCUT2D eigenvalue weighted by Crippen LogP contribution is -2.22. The molecular formula is C14H18O2S. The zero-order valence-corrected chi connectivity index (χ0v) is 10.9. The molecule has 2 rings (SSSR count). The first kappa shape index (κ1) is 12.5. The average Bonchev–Trinajstić information content (AvgIpc) is 2.29. The molecule has 1 aromatic carbocycles. The van der Waals surface area contributed by atoms with Gasteiger partial charge in [-0.1, -0.05) is 17.7 Å². The van der Waals surface area contributed by atoms with Gasteiger partial charge in [0.1, 0.15) is 0 Å². The van der Waals surface area contributed by atoms with Crippen LogP contribution in [-0.2, 0) is 4.79 Å². The summed E-state index contributed by atoms with van der Waals surface area (Å²) in [6, 6.07) is 8.53. The van der Waals surface area contributed by atoms with Crippen molar-refractivity contribution in [2.45, 2.75) is 42.8 Å². The molecular weight excluding hydrogens is 232 g/mol. The molecule has 1 aliphatic carbocycles. The summed E-state index contributed by atoms with van der Waals surface area (Å²) in [6.07, 6.45) is 3.71. The van der Waals surface area contributed by atoms with E-state index in [1.54, 1.807) is 0 Å². The lowest BCUT2D eigenvalue weighted by atomic mass is 9.89. The van der Waals surface area contributed by atoms with Crippen LogP contribution in [-0.4, -0.2) is 16.3 Å². The Bertz CT molecular complexity index is 395. The van der Waals surface area contributed by atoms with Crippen LogP contribution in [0.25, 0.3) is 0 Å². The molecule has 2 nitrogen and oxygen atoms in total. The van der Waals surface area contributed by atoms with Crippen molar-refractivity contribution in [3.63, 3.8) is 0 Å². The Morgan fingerprint density at radius 3 is 2.59 bits per heavy atom. The van der Waals surface area contributed by atoms with Crippen LogP contribution < -0.4 is 0 Å². The molecule has 92 valence electrons. The van der Waals surface area contributed by atoms with E-state index in [-0.39, 0.29) is 5.92 Å². The number of hydrogen-bond donors (Lipinski definition) is 1. The number of carbonyl (C=O) groups is 1. The van der Waals surface area contributed by atoms with Crippen molar-refractivity contribution < 1.29 is 9.90 Å². The van der Waals surface area contributed by atoms with Gasteiger partial charge in [0.25, 0.3) is 0 Å². The average molecular weight is 250 g/mol. The number of rotatable bonds is 3. The summed E-state index contributed by atoms with van der Waals surface area (Å²) < 4.78 is 0. The van der Waals surface area contributed by atoms with Crippen molar-refractivity contribution in [2.75, 3.05) is 0 Å². The van der Waals surface area contributed by atoms with Crippen LogP contribution in [0.5, 0.6) is 0 Å². The van der Waals surface area contributed by atoms with Crippen LogP contribution in [0.1, 0.15) is 31.2 Å². The van der Waals surface area contributed by atoms with Gasteiger partial charge >= 0.3 is 5.97 Å². The van der Waals surface area contributed by atoms with Crippen molar-refractivity contribution >= 4 is 17.7 Å². The number of aliphatic carboxylic acids is 1. The Balaban J connectivity index is 1.88. The lowest BCUT2D eigenvalue weighted by molar-refractivity contribution is -0.142. The van der Waals surface area contributed by atoms with Gasteiger partial charge in [-0.25, -0.2) is 0 Å². The molecule has 3 heteroatoms. The van der Waals surface area contributed by atoms with Crippen LogP contribution in [0.15, 0.2) is 29.2 Å². The minimum Gasteiger partial charge on any atom is -0.481 e. The van der Waals surface area contributed by atoms with E-state index in [9.17, 15) is 4.79 Å². The maximum absolute atomic E-state index is 10.9. The highest BCUT2D eigenvalue weighted by Crippen LogP contribution is 2.36. The minimum absolute atomic E-state index is 0.107. The zero-order chi connectivity index (χ0) is 12.3. The van der Waals surface area contributed by atoms with E-state index in [0.717, 1.165) is 25.7 Å². The van der Waals surface area contributed by atoms with E-state index in [1.165, 1.54) is 10.5 Å². The highest BCUT2D eigenvalue weighted by Gasteiger charge is 2.26. The van der Waals surface area contributed by atoms with E-state index in [4.69, 9.17) is 5.11 Å². The summed E-state index contributed by atoms with van der Waals surface area (Å²) in [6.45, 7) is 2.10. The van der Waals surface area contributed by atoms with Crippen molar-refractivity contribution in [1.29, 1.82) is 0 Å². The Hall–Kier alpha value is -0.960. The minimum atomic E-state index is -0.621. The molecule has 0 saturated heterocycles. The topological polar surface area (TPSA) is 37.3 Å². The summed E-state index contributed by atoms with van der Waals surface area (Å²) in [5.41, 5.74) is 1.29. The lowest BCUT2D eigenvalue weighted by Gasteiger charge is -2.25. The van der Waals surface area contributed by atoms with E-state index >= 15 is 0 Å². The van der Waals surface area contributed by atoms with E-state index in [2.05, 4.69) is 31.2 Å². The summed E-state index contributed by atoms with van der Waals surface area (Å²) >= 11 is 1.90. The number of carboxylic acid groups (broad SMARTS) is 1. The molecule has 1 aromatic rings. The van der Waals surface area contributed by atoms with Crippen molar-refractivity contribution in [3.8, 4) is 0 Å². The zero-order valence-electron chi connectivity index (χ0n) is 10.1.